The highest BCUT2D eigenvalue weighted by atomic mass is 35.5. The van der Waals surface area contributed by atoms with Crippen LogP contribution in [0.25, 0.3) is 0 Å². The number of hydrogen-bond donors (Lipinski definition) is 3. The lowest BCUT2D eigenvalue weighted by atomic mass is 10.2. The molecule has 0 unspecified atom stereocenters. The van der Waals surface area contributed by atoms with E-state index in [1.165, 1.54) is 12.1 Å². The van der Waals surface area contributed by atoms with Gasteiger partial charge in [0.05, 0.1) is 23.0 Å². The predicted molar refractivity (Wildman–Crippen MR) is 76.8 cm³/mol. The maximum absolute atomic E-state index is 11.6. The third-order valence-electron chi connectivity index (χ3n) is 2.31. The summed E-state index contributed by atoms with van der Waals surface area (Å²) in [6.45, 7) is 1.80. The number of anilines is 2. The van der Waals surface area contributed by atoms with Gasteiger partial charge in [0.15, 0.2) is 0 Å². The molecule has 0 bridgehead atoms. The minimum absolute atomic E-state index is 0.188. The Bertz CT molecular complexity index is 575. The van der Waals surface area contributed by atoms with Gasteiger partial charge in [-0.3, -0.25) is 9.52 Å². The zero-order chi connectivity index (χ0) is 14.6. The smallest absolute Gasteiger partial charge is 0.241 e. The van der Waals surface area contributed by atoms with Gasteiger partial charge >= 0.3 is 0 Å². The molecule has 0 heterocycles. The minimum Gasteiger partial charge on any atom is -0.325 e. The van der Waals surface area contributed by atoms with E-state index in [2.05, 4.69) is 10.0 Å². The number of carbonyl (C=O) groups excluding carboxylic acids is 1. The molecule has 0 aromatic heterocycles. The molecule has 0 radical (unpaired) electrons. The molecule has 0 spiro atoms. The number of carbonyl (C=O) groups is 1. The number of benzene rings is 1. The molecule has 1 rings (SSSR count). The summed E-state index contributed by atoms with van der Waals surface area (Å²) >= 11 is 5.92. The molecule has 0 saturated heterocycles. The fourth-order valence-electron chi connectivity index (χ4n) is 1.30. The Morgan fingerprint density at radius 3 is 2.58 bits per heavy atom. The summed E-state index contributed by atoms with van der Waals surface area (Å²) in [6.07, 6.45) is 1.55. The van der Waals surface area contributed by atoms with Crippen molar-refractivity contribution in [2.75, 3.05) is 16.3 Å². The topological polar surface area (TPSA) is 101 Å². The monoisotopic (exact) mass is 305 g/mol. The number of nitrogens with one attached hydrogen (secondary N) is 2. The molecule has 0 aliphatic rings. The highest BCUT2D eigenvalue weighted by molar-refractivity contribution is 7.92. The predicted octanol–water partition coefficient (Wildman–Crippen LogP) is 1.39. The molecule has 106 valence electrons. The summed E-state index contributed by atoms with van der Waals surface area (Å²) in [7, 11) is -3.39. The lowest BCUT2D eigenvalue weighted by Crippen LogP contribution is -2.34. The summed E-state index contributed by atoms with van der Waals surface area (Å²) in [5.41, 5.74) is 6.29. The second kappa shape index (κ2) is 6.23. The van der Waals surface area contributed by atoms with Gasteiger partial charge < -0.3 is 11.1 Å². The van der Waals surface area contributed by atoms with Crippen molar-refractivity contribution in [2.24, 2.45) is 5.73 Å². The standard InChI is InChI=1S/C11H16ClN3O3S/c1-3-9(13)11(16)14-7-4-5-10(8(12)6-7)15-19(2,17)18/h4-6,9,15H,3,13H2,1-2H3,(H,14,16)/t9-/m1/s1. The van der Waals surface area contributed by atoms with Gasteiger partial charge in [-0.15, -0.1) is 0 Å². The number of rotatable bonds is 5. The van der Waals surface area contributed by atoms with Crippen LogP contribution >= 0.6 is 11.6 Å². The highest BCUT2D eigenvalue weighted by Crippen LogP contribution is 2.26. The second-order valence-electron chi connectivity index (χ2n) is 4.07. The van der Waals surface area contributed by atoms with Crippen molar-refractivity contribution in [2.45, 2.75) is 19.4 Å². The van der Waals surface area contributed by atoms with Gasteiger partial charge in [-0.25, -0.2) is 8.42 Å². The first-order valence-electron chi connectivity index (χ1n) is 5.56. The van der Waals surface area contributed by atoms with Gasteiger partial charge in [-0.05, 0) is 24.6 Å². The molecular formula is C11H16ClN3O3S. The van der Waals surface area contributed by atoms with E-state index < -0.39 is 16.1 Å². The van der Waals surface area contributed by atoms with Gasteiger partial charge in [0.1, 0.15) is 0 Å². The van der Waals surface area contributed by atoms with Gasteiger partial charge in [0.25, 0.3) is 0 Å². The van der Waals surface area contributed by atoms with Crippen LogP contribution in [0.5, 0.6) is 0 Å². The third-order valence-corrected chi connectivity index (χ3v) is 3.21. The summed E-state index contributed by atoms with van der Waals surface area (Å²) in [5.74, 6) is -0.317. The summed E-state index contributed by atoms with van der Waals surface area (Å²) in [5, 5.41) is 2.79. The van der Waals surface area contributed by atoms with Crippen molar-refractivity contribution >= 4 is 38.9 Å². The average molecular weight is 306 g/mol. The Hall–Kier alpha value is -1.31. The normalized spacial score (nSPS) is 12.8. The Kier molecular flexibility index (Phi) is 5.16. The molecule has 1 aromatic rings. The van der Waals surface area contributed by atoms with Gasteiger partial charge in [-0.1, -0.05) is 18.5 Å². The van der Waals surface area contributed by atoms with Crippen molar-refractivity contribution < 1.29 is 13.2 Å². The van der Waals surface area contributed by atoms with E-state index in [4.69, 9.17) is 17.3 Å². The molecule has 0 fully saturated rings. The first-order valence-corrected chi connectivity index (χ1v) is 7.83. The molecule has 1 atom stereocenters. The number of hydrogen-bond acceptors (Lipinski definition) is 4. The molecular weight excluding hydrogens is 290 g/mol. The first kappa shape index (κ1) is 15.7. The van der Waals surface area contributed by atoms with Crippen LogP contribution in [0, 0.1) is 0 Å². The maximum Gasteiger partial charge on any atom is 0.241 e. The van der Waals surface area contributed by atoms with Crippen molar-refractivity contribution in [1.29, 1.82) is 0 Å². The van der Waals surface area contributed by atoms with Gasteiger partial charge in [0.2, 0.25) is 15.9 Å². The maximum atomic E-state index is 11.6. The molecule has 1 amide bonds. The van der Waals surface area contributed by atoms with Crippen LogP contribution in [0.1, 0.15) is 13.3 Å². The van der Waals surface area contributed by atoms with Crippen LogP contribution in [-0.2, 0) is 14.8 Å². The van der Waals surface area contributed by atoms with E-state index in [0.29, 0.717) is 12.1 Å². The average Bonchev–Trinajstić information content (AvgIpc) is 2.30. The highest BCUT2D eigenvalue weighted by Gasteiger charge is 2.12. The summed E-state index contributed by atoms with van der Waals surface area (Å²) < 4.78 is 24.4. The van der Waals surface area contributed by atoms with E-state index in [1.807, 2.05) is 0 Å². The lowest BCUT2D eigenvalue weighted by Gasteiger charge is -2.12. The van der Waals surface area contributed by atoms with Gasteiger partial charge in [0, 0.05) is 5.69 Å². The first-order chi connectivity index (χ1) is 8.73. The van der Waals surface area contributed by atoms with Crippen LogP contribution in [0.3, 0.4) is 0 Å². The Balaban J connectivity index is 2.86. The Morgan fingerprint density at radius 2 is 2.11 bits per heavy atom. The molecule has 19 heavy (non-hydrogen) atoms. The van der Waals surface area contributed by atoms with Crippen LogP contribution < -0.4 is 15.8 Å². The van der Waals surface area contributed by atoms with E-state index in [-0.39, 0.29) is 16.6 Å². The Labute approximate surface area is 117 Å². The number of nitrogens with two attached hydrogens (primary N) is 1. The molecule has 8 heteroatoms. The van der Waals surface area contributed by atoms with Gasteiger partial charge in [-0.2, -0.15) is 0 Å². The van der Waals surface area contributed by atoms with Crippen LogP contribution in [-0.4, -0.2) is 26.6 Å². The number of halogens is 1. The molecule has 1 aromatic carbocycles. The largest absolute Gasteiger partial charge is 0.325 e. The van der Waals surface area contributed by atoms with Crippen LogP contribution in [0.15, 0.2) is 18.2 Å². The van der Waals surface area contributed by atoms with E-state index in [1.54, 1.807) is 13.0 Å². The zero-order valence-electron chi connectivity index (χ0n) is 10.6. The van der Waals surface area contributed by atoms with Crippen molar-refractivity contribution in [3.05, 3.63) is 23.2 Å². The molecule has 0 aliphatic heterocycles. The second-order valence-corrected chi connectivity index (χ2v) is 6.23. The van der Waals surface area contributed by atoms with E-state index in [0.717, 1.165) is 6.26 Å². The fourth-order valence-corrected chi connectivity index (χ4v) is 2.16. The lowest BCUT2D eigenvalue weighted by molar-refractivity contribution is -0.117. The zero-order valence-corrected chi connectivity index (χ0v) is 12.2. The number of sulfonamides is 1. The summed E-state index contributed by atoms with van der Waals surface area (Å²) in [6, 6.07) is 3.87. The molecule has 0 saturated carbocycles. The van der Waals surface area contributed by atoms with Crippen LogP contribution in [0.4, 0.5) is 11.4 Å². The molecule has 6 nitrogen and oxygen atoms in total. The number of amides is 1. The minimum atomic E-state index is -3.39. The van der Waals surface area contributed by atoms with Crippen LogP contribution in [0.2, 0.25) is 5.02 Å². The molecule has 4 N–H and O–H groups in total. The quantitative estimate of drug-likeness (QED) is 0.765. The Morgan fingerprint density at radius 1 is 1.47 bits per heavy atom. The SMILES string of the molecule is CC[C@@H](N)C(=O)Nc1ccc(NS(C)(=O)=O)c(Cl)c1. The molecule has 0 aliphatic carbocycles. The fraction of sp³-hybridized carbons (Fsp3) is 0.364. The van der Waals surface area contributed by atoms with Crippen molar-refractivity contribution in [3.8, 4) is 0 Å². The third kappa shape index (κ3) is 5.06. The van der Waals surface area contributed by atoms with E-state index >= 15 is 0 Å². The van der Waals surface area contributed by atoms with Crippen molar-refractivity contribution in [3.63, 3.8) is 0 Å². The van der Waals surface area contributed by atoms with Crippen molar-refractivity contribution in [1.82, 2.24) is 0 Å². The van der Waals surface area contributed by atoms with E-state index in [9.17, 15) is 13.2 Å². The summed E-state index contributed by atoms with van der Waals surface area (Å²) in [4.78, 5) is 11.6.